The van der Waals surface area contributed by atoms with Crippen molar-refractivity contribution in [3.63, 3.8) is 0 Å². The quantitative estimate of drug-likeness (QED) is 0.853. The van der Waals surface area contributed by atoms with Gasteiger partial charge in [-0.2, -0.15) is 0 Å². The third-order valence-electron chi connectivity index (χ3n) is 4.91. The number of carbonyl (C=O) groups excluding carboxylic acids is 1. The van der Waals surface area contributed by atoms with E-state index in [9.17, 15) is 4.79 Å². The van der Waals surface area contributed by atoms with Crippen LogP contribution in [0.15, 0.2) is 36.4 Å². The van der Waals surface area contributed by atoms with E-state index in [0.29, 0.717) is 18.8 Å². The highest BCUT2D eigenvalue weighted by Crippen LogP contribution is 2.32. The molecule has 1 aromatic heterocycles. The van der Waals surface area contributed by atoms with Crippen LogP contribution in [0.5, 0.6) is 0 Å². The number of carbonyl (C=O) groups is 1. The van der Waals surface area contributed by atoms with E-state index in [2.05, 4.69) is 4.98 Å². The average molecular weight is 312 g/mol. The first-order chi connectivity index (χ1) is 11.3. The van der Waals surface area contributed by atoms with E-state index in [-0.39, 0.29) is 24.2 Å². The molecule has 23 heavy (non-hydrogen) atoms. The molecule has 2 fully saturated rings. The predicted molar refractivity (Wildman–Crippen MR) is 86.3 cm³/mol. The van der Waals surface area contributed by atoms with E-state index < -0.39 is 0 Å². The standard InChI is InChI=1S/C18H20N2O3/c1-22-17-15-8-9-16(17)23-11-10-20(15)18(21)14-7-6-12-4-2-3-5-13(12)19-14/h2-7,15-17H,8-11H2,1H3. The van der Waals surface area contributed by atoms with Crippen molar-refractivity contribution in [2.24, 2.45) is 0 Å². The maximum atomic E-state index is 13.0. The SMILES string of the molecule is COC1C2CCC1N(C(=O)c1ccc3ccccc3n1)CCO2. The number of pyridine rings is 1. The van der Waals surface area contributed by atoms with E-state index in [1.54, 1.807) is 7.11 Å². The number of para-hydroxylation sites is 1. The lowest BCUT2D eigenvalue weighted by Crippen LogP contribution is -2.46. The summed E-state index contributed by atoms with van der Waals surface area (Å²) in [5, 5.41) is 1.04. The number of amides is 1. The van der Waals surface area contributed by atoms with Crippen molar-refractivity contribution in [2.75, 3.05) is 20.3 Å². The monoisotopic (exact) mass is 312 g/mol. The van der Waals surface area contributed by atoms with Crippen molar-refractivity contribution >= 4 is 16.8 Å². The normalized spacial score (nSPS) is 27.2. The summed E-state index contributed by atoms with van der Waals surface area (Å²) in [6.07, 6.45) is 1.93. The van der Waals surface area contributed by atoms with Crippen molar-refractivity contribution < 1.29 is 14.3 Å². The van der Waals surface area contributed by atoms with Crippen molar-refractivity contribution in [1.82, 2.24) is 9.88 Å². The number of fused-ring (bicyclic) bond motifs is 3. The topological polar surface area (TPSA) is 51.7 Å². The van der Waals surface area contributed by atoms with E-state index in [1.165, 1.54) is 0 Å². The number of rotatable bonds is 2. The summed E-state index contributed by atoms with van der Waals surface area (Å²) >= 11 is 0. The molecular formula is C18H20N2O3. The minimum absolute atomic E-state index is 0.0334. The molecule has 1 saturated heterocycles. The lowest BCUT2D eigenvalue weighted by molar-refractivity contribution is -0.0316. The first-order valence-electron chi connectivity index (χ1n) is 8.09. The van der Waals surface area contributed by atoms with Gasteiger partial charge in [0, 0.05) is 19.0 Å². The zero-order valence-electron chi connectivity index (χ0n) is 13.1. The highest BCUT2D eigenvalue weighted by molar-refractivity contribution is 5.95. The molecule has 1 aliphatic heterocycles. The van der Waals surface area contributed by atoms with Crippen LogP contribution in [-0.2, 0) is 9.47 Å². The Hall–Kier alpha value is -1.98. The van der Waals surface area contributed by atoms with Crippen LogP contribution in [0.4, 0.5) is 0 Å². The van der Waals surface area contributed by atoms with Gasteiger partial charge in [-0.15, -0.1) is 0 Å². The number of methoxy groups -OCH3 is 1. The number of nitrogens with zero attached hydrogens (tertiary/aromatic N) is 2. The molecule has 5 nitrogen and oxygen atoms in total. The molecule has 2 bridgehead atoms. The van der Waals surface area contributed by atoms with Gasteiger partial charge in [0.15, 0.2) is 0 Å². The maximum Gasteiger partial charge on any atom is 0.272 e. The predicted octanol–water partition coefficient (Wildman–Crippen LogP) is 2.25. The van der Waals surface area contributed by atoms with Gasteiger partial charge in [-0.25, -0.2) is 4.98 Å². The number of ether oxygens (including phenoxy) is 2. The fraction of sp³-hybridized carbons (Fsp3) is 0.444. The van der Waals surface area contributed by atoms with Crippen LogP contribution >= 0.6 is 0 Å². The number of benzene rings is 1. The highest BCUT2D eigenvalue weighted by atomic mass is 16.5. The Morgan fingerprint density at radius 1 is 1.26 bits per heavy atom. The molecule has 1 aliphatic carbocycles. The Kier molecular flexibility index (Phi) is 3.75. The summed E-state index contributed by atoms with van der Waals surface area (Å²) in [6.45, 7) is 1.15. The van der Waals surface area contributed by atoms with Gasteiger partial charge in [0.05, 0.1) is 24.3 Å². The summed E-state index contributed by atoms with van der Waals surface area (Å²) in [6, 6.07) is 11.7. The average Bonchev–Trinajstić information content (AvgIpc) is 2.89. The molecular weight excluding hydrogens is 292 g/mol. The van der Waals surface area contributed by atoms with Crippen LogP contribution in [0.25, 0.3) is 10.9 Å². The van der Waals surface area contributed by atoms with Crippen molar-refractivity contribution in [3.8, 4) is 0 Å². The summed E-state index contributed by atoms with van der Waals surface area (Å²) < 4.78 is 11.4. The molecule has 3 unspecified atom stereocenters. The molecule has 2 aromatic rings. The van der Waals surface area contributed by atoms with E-state index in [0.717, 1.165) is 23.7 Å². The van der Waals surface area contributed by atoms with Gasteiger partial charge in [-0.1, -0.05) is 24.3 Å². The number of hydrogen-bond acceptors (Lipinski definition) is 4. The van der Waals surface area contributed by atoms with E-state index >= 15 is 0 Å². The fourth-order valence-electron chi connectivity index (χ4n) is 3.78. The number of aromatic nitrogens is 1. The van der Waals surface area contributed by atoms with Gasteiger partial charge in [0.25, 0.3) is 5.91 Å². The third-order valence-corrected chi connectivity index (χ3v) is 4.91. The van der Waals surface area contributed by atoms with Crippen LogP contribution in [0.2, 0.25) is 0 Å². The van der Waals surface area contributed by atoms with Gasteiger partial charge in [0.2, 0.25) is 0 Å². The smallest absolute Gasteiger partial charge is 0.272 e. The lowest BCUT2D eigenvalue weighted by atomic mass is 10.1. The molecule has 4 rings (SSSR count). The van der Waals surface area contributed by atoms with Crippen LogP contribution < -0.4 is 0 Å². The Bertz CT molecular complexity index is 733. The summed E-state index contributed by atoms with van der Waals surface area (Å²) in [4.78, 5) is 19.4. The van der Waals surface area contributed by atoms with Gasteiger partial charge in [-0.05, 0) is 25.0 Å². The van der Waals surface area contributed by atoms with Crippen molar-refractivity contribution in [1.29, 1.82) is 0 Å². The third kappa shape index (κ3) is 2.50. The van der Waals surface area contributed by atoms with Gasteiger partial charge in [-0.3, -0.25) is 4.79 Å². The van der Waals surface area contributed by atoms with Crippen LogP contribution in [0, 0.1) is 0 Å². The molecule has 0 N–H and O–H groups in total. The second kappa shape index (κ2) is 5.91. The molecule has 1 saturated carbocycles. The Balaban J connectivity index is 1.66. The molecule has 2 aliphatic rings. The second-order valence-corrected chi connectivity index (χ2v) is 6.14. The molecule has 2 heterocycles. The minimum atomic E-state index is -0.0399. The molecule has 1 amide bonds. The molecule has 0 spiro atoms. The van der Waals surface area contributed by atoms with Crippen LogP contribution in [0.3, 0.4) is 0 Å². The summed E-state index contributed by atoms with van der Waals surface area (Å²) in [7, 11) is 1.70. The minimum Gasteiger partial charge on any atom is -0.377 e. The zero-order chi connectivity index (χ0) is 15.8. The Morgan fingerprint density at radius 3 is 3.00 bits per heavy atom. The van der Waals surface area contributed by atoms with Crippen molar-refractivity contribution in [2.45, 2.75) is 31.1 Å². The van der Waals surface area contributed by atoms with E-state index in [4.69, 9.17) is 9.47 Å². The van der Waals surface area contributed by atoms with Crippen LogP contribution in [-0.4, -0.2) is 54.3 Å². The first kappa shape index (κ1) is 14.6. The molecule has 120 valence electrons. The first-order valence-corrected chi connectivity index (χ1v) is 8.09. The fourth-order valence-corrected chi connectivity index (χ4v) is 3.78. The molecule has 1 aromatic carbocycles. The molecule has 5 heteroatoms. The second-order valence-electron chi connectivity index (χ2n) is 6.14. The lowest BCUT2D eigenvalue weighted by Gasteiger charge is -2.30. The van der Waals surface area contributed by atoms with Gasteiger partial charge < -0.3 is 14.4 Å². The Labute approximate surface area is 135 Å². The summed E-state index contributed by atoms with van der Waals surface area (Å²) in [5.41, 5.74) is 1.33. The summed E-state index contributed by atoms with van der Waals surface area (Å²) in [5.74, 6) is -0.0334. The van der Waals surface area contributed by atoms with Gasteiger partial charge >= 0.3 is 0 Å². The van der Waals surface area contributed by atoms with E-state index in [1.807, 2.05) is 41.3 Å². The van der Waals surface area contributed by atoms with Crippen LogP contribution in [0.1, 0.15) is 23.3 Å². The zero-order valence-corrected chi connectivity index (χ0v) is 13.1. The maximum absolute atomic E-state index is 13.0. The largest absolute Gasteiger partial charge is 0.377 e. The number of hydrogen-bond donors (Lipinski definition) is 0. The highest BCUT2D eigenvalue weighted by Gasteiger charge is 2.44. The van der Waals surface area contributed by atoms with Crippen molar-refractivity contribution in [3.05, 3.63) is 42.1 Å². The van der Waals surface area contributed by atoms with Gasteiger partial charge in [0.1, 0.15) is 11.8 Å². The Morgan fingerprint density at radius 2 is 2.13 bits per heavy atom. The molecule has 0 radical (unpaired) electrons. The molecule has 3 atom stereocenters.